The van der Waals surface area contributed by atoms with E-state index in [1.54, 1.807) is 0 Å². The number of rotatable bonds is 2. The fourth-order valence-corrected chi connectivity index (χ4v) is 2.17. The average molecular weight is 204 g/mol. The van der Waals surface area contributed by atoms with Crippen LogP contribution in [-0.4, -0.2) is 31.1 Å². The lowest BCUT2D eigenvalue weighted by atomic mass is 10.1. The quantitative estimate of drug-likeness (QED) is 0.789. The summed E-state index contributed by atoms with van der Waals surface area (Å²) in [6.07, 6.45) is 0. The minimum atomic E-state index is 0.760. The molecule has 0 aliphatic carbocycles. The van der Waals surface area contributed by atoms with E-state index in [9.17, 15) is 0 Å². The standard InChI is InChI=1S/C13H20N2/c1-12-9-14-7-8-15(10-12)11-13-5-3-2-4-6-13/h2-6,12,14H,7-11H2,1H3/t12-/m1/s1. The minimum Gasteiger partial charge on any atom is -0.315 e. The highest BCUT2D eigenvalue weighted by Crippen LogP contribution is 2.08. The third-order valence-electron chi connectivity index (χ3n) is 2.92. The summed E-state index contributed by atoms with van der Waals surface area (Å²) in [5, 5.41) is 3.47. The van der Waals surface area contributed by atoms with Crippen molar-refractivity contribution in [1.82, 2.24) is 10.2 Å². The second-order valence-corrected chi connectivity index (χ2v) is 4.53. The number of hydrogen-bond acceptors (Lipinski definition) is 2. The van der Waals surface area contributed by atoms with Crippen LogP contribution >= 0.6 is 0 Å². The van der Waals surface area contributed by atoms with Gasteiger partial charge in [-0.1, -0.05) is 37.3 Å². The minimum absolute atomic E-state index is 0.760. The Kier molecular flexibility index (Phi) is 3.75. The fourth-order valence-electron chi connectivity index (χ4n) is 2.17. The van der Waals surface area contributed by atoms with Crippen LogP contribution in [0.4, 0.5) is 0 Å². The maximum absolute atomic E-state index is 3.47. The highest BCUT2D eigenvalue weighted by Gasteiger charge is 2.13. The molecular weight excluding hydrogens is 184 g/mol. The molecule has 1 aromatic rings. The number of nitrogens with zero attached hydrogens (tertiary/aromatic N) is 1. The zero-order valence-electron chi connectivity index (χ0n) is 9.45. The van der Waals surface area contributed by atoms with E-state index in [1.165, 1.54) is 18.7 Å². The predicted octanol–water partition coefficient (Wildman–Crippen LogP) is 1.73. The van der Waals surface area contributed by atoms with Gasteiger partial charge in [-0.15, -0.1) is 0 Å². The summed E-state index contributed by atoms with van der Waals surface area (Å²) in [5.41, 5.74) is 1.42. The van der Waals surface area contributed by atoms with E-state index < -0.39 is 0 Å². The van der Waals surface area contributed by atoms with Crippen molar-refractivity contribution < 1.29 is 0 Å². The molecule has 2 rings (SSSR count). The van der Waals surface area contributed by atoms with Crippen LogP contribution in [0.15, 0.2) is 30.3 Å². The molecule has 0 amide bonds. The third kappa shape index (κ3) is 3.33. The Hall–Kier alpha value is -0.860. The van der Waals surface area contributed by atoms with Gasteiger partial charge in [-0.3, -0.25) is 4.90 Å². The van der Waals surface area contributed by atoms with Gasteiger partial charge in [-0.2, -0.15) is 0 Å². The van der Waals surface area contributed by atoms with Gasteiger partial charge in [-0.25, -0.2) is 0 Å². The summed E-state index contributed by atoms with van der Waals surface area (Å²) in [6.45, 7) is 8.06. The molecule has 0 saturated carbocycles. The summed E-state index contributed by atoms with van der Waals surface area (Å²) in [7, 11) is 0. The Morgan fingerprint density at radius 2 is 2.13 bits per heavy atom. The SMILES string of the molecule is C[C@@H]1CNCCN(Cc2ccccc2)C1. The zero-order chi connectivity index (χ0) is 10.5. The molecule has 0 unspecified atom stereocenters. The lowest BCUT2D eigenvalue weighted by Gasteiger charge is -2.21. The van der Waals surface area contributed by atoms with Gasteiger partial charge >= 0.3 is 0 Å². The summed E-state index contributed by atoms with van der Waals surface area (Å²) in [6, 6.07) is 10.7. The van der Waals surface area contributed by atoms with Gasteiger partial charge in [0.15, 0.2) is 0 Å². The fraction of sp³-hybridized carbons (Fsp3) is 0.538. The number of nitrogens with one attached hydrogen (secondary N) is 1. The van der Waals surface area contributed by atoms with Crippen molar-refractivity contribution in [3.63, 3.8) is 0 Å². The first-order valence-electron chi connectivity index (χ1n) is 5.81. The third-order valence-corrected chi connectivity index (χ3v) is 2.92. The van der Waals surface area contributed by atoms with Crippen LogP contribution in [-0.2, 0) is 6.54 Å². The van der Waals surface area contributed by atoms with Crippen molar-refractivity contribution in [2.24, 2.45) is 5.92 Å². The first-order valence-corrected chi connectivity index (χ1v) is 5.81. The summed E-state index contributed by atoms with van der Waals surface area (Å²) < 4.78 is 0. The molecule has 0 radical (unpaired) electrons. The molecule has 1 heterocycles. The summed E-state index contributed by atoms with van der Waals surface area (Å²) in [4.78, 5) is 2.54. The van der Waals surface area contributed by atoms with E-state index in [1.807, 2.05) is 0 Å². The van der Waals surface area contributed by atoms with Crippen LogP contribution in [0.3, 0.4) is 0 Å². The van der Waals surface area contributed by atoms with Crippen molar-refractivity contribution in [2.45, 2.75) is 13.5 Å². The normalized spacial score (nSPS) is 23.7. The molecule has 1 fully saturated rings. The second kappa shape index (κ2) is 5.29. The Labute approximate surface area is 92.3 Å². The van der Waals surface area contributed by atoms with Gasteiger partial charge in [0, 0.05) is 26.2 Å². The van der Waals surface area contributed by atoms with Crippen molar-refractivity contribution in [3.05, 3.63) is 35.9 Å². The number of hydrogen-bond donors (Lipinski definition) is 1. The van der Waals surface area contributed by atoms with Crippen molar-refractivity contribution >= 4 is 0 Å². The van der Waals surface area contributed by atoms with Crippen molar-refractivity contribution in [1.29, 1.82) is 0 Å². The molecular formula is C13H20N2. The zero-order valence-corrected chi connectivity index (χ0v) is 9.45. The van der Waals surface area contributed by atoms with Gasteiger partial charge in [0.1, 0.15) is 0 Å². The molecule has 1 atom stereocenters. The van der Waals surface area contributed by atoms with Crippen LogP contribution in [0.25, 0.3) is 0 Å². The highest BCUT2D eigenvalue weighted by molar-refractivity contribution is 5.14. The van der Waals surface area contributed by atoms with Crippen LogP contribution in [0, 0.1) is 5.92 Å². The van der Waals surface area contributed by atoms with Gasteiger partial charge in [-0.05, 0) is 18.0 Å². The topological polar surface area (TPSA) is 15.3 Å². The molecule has 2 heteroatoms. The van der Waals surface area contributed by atoms with E-state index >= 15 is 0 Å². The molecule has 1 saturated heterocycles. The molecule has 15 heavy (non-hydrogen) atoms. The second-order valence-electron chi connectivity index (χ2n) is 4.53. The Bertz CT molecular complexity index is 284. The van der Waals surface area contributed by atoms with E-state index in [-0.39, 0.29) is 0 Å². The lowest BCUT2D eigenvalue weighted by Crippen LogP contribution is -2.28. The Morgan fingerprint density at radius 1 is 1.33 bits per heavy atom. The lowest BCUT2D eigenvalue weighted by molar-refractivity contribution is 0.257. The molecule has 0 aromatic heterocycles. The monoisotopic (exact) mass is 204 g/mol. The first-order chi connectivity index (χ1) is 7.34. The smallest absolute Gasteiger partial charge is 0.0234 e. The largest absolute Gasteiger partial charge is 0.315 e. The molecule has 0 spiro atoms. The molecule has 1 aliphatic rings. The average Bonchev–Trinajstić information content (AvgIpc) is 2.44. The van der Waals surface area contributed by atoms with Crippen molar-refractivity contribution in [2.75, 3.05) is 26.2 Å². The van der Waals surface area contributed by atoms with E-state index in [4.69, 9.17) is 0 Å². The predicted molar refractivity (Wildman–Crippen MR) is 63.8 cm³/mol. The molecule has 1 aromatic carbocycles. The van der Waals surface area contributed by atoms with E-state index in [0.717, 1.165) is 25.6 Å². The van der Waals surface area contributed by atoms with Crippen LogP contribution in [0.2, 0.25) is 0 Å². The maximum atomic E-state index is 3.47. The molecule has 1 aliphatic heterocycles. The molecule has 2 nitrogen and oxygen atoms in total. The summed E-state index contributed by atoms with van der Waals surface area (Å²) in [5.74, 6) is 0.760. The van der Waals surface area contributed by atoms with E-state index in [0.29, 0.717) is 0 Å². The maximum Gasteiger partial charge on any atom is 0.0234 e. The van der Waals surface area contributed by atoms with Gasteiger partial charge in [0.25, 0.3) is 0 Å². The van der Waals surface area contributed by atoms with Gasteiger partial charge in [0.2, 0.25) is 0 Å². The molecule has 82 valence electrons. The van der Waals surface area contributed by atoms with Crippen LogP contribution in [0.5, 0.6) is 0 Å². The van der Waals surface area contributed by atoms with Gasteiger partial charge in [0.05, 0.1) is 0 Å². The van der Waals surface area contributed by atoms with Gasteiger partial charge < -0.3 is 5.32 Å². The molecule has 0 bridgehead atoms. The Balaban J connectivity index is 1.93. The molecule has 1 N–H and O–H groups in total. The van der Waals surface area contributed by atoms with E-state index in [2.05, 4.69) is 47.5 Å². The highest BCUT2D eigenvalue weighted by atomic mass is 15.2. The van der Waals surface area contributed by atoms with Crippen molar-refractivity contribution in [3.8, 4) is 0 Å². The summed E-state index contributed by atoms with van der Waals surface area (Å²) >= 11 is 0. The van der Waals surface area contributed by atoms with Crippen LogP contribution in [0.1, 0.15) is 12.5 Å². The number of benzene rings is 1. The first kappa shape index (κ1) is 10.7. The Morgan fingerprint density at radius 3 is 2.93 bits per heavy atom. The van der Waals surface area contributed by atoms with Crippen LogP contribution < -0.4 is 5.32 Å².